The molecule has 1 aliphatic heterocycles. The number of pyridine rings is 1. The molecule has 1 N–H and O–H groups in total. The zero-order valence-corrected chi connectivity index (χ0v) is 18.9. The third kappa shape index (κ3) is 5.98. The van der Waals surface area contributed by atoms with E-state index in [4.69, 9.17) is 9.47 Å². The standard InChI is InChI=1S/C21H28N4O2.HI/c1-3-15-26-18-10-4-5-11-19(18)27-20-17(9-8-12-23-20)16-24-21(22-2)25-13-6-7-14-25;/h4-5,8-12H,3,6-7,13-16H2,1-2H3,(H,22,24);1H. The summed E-state index contributed by atoms with van der Waals surface area (Å²) in [5.41, 5.74) is 0.975. The average molecular weight is 496 g/mol. The van der Waals surface area contributed by atoms with Crippen LogP contribution >= 0.6 is 24.0 Å². The van der Waals surface area contributed by atoms with E-state index in [1.165, 1.54) is 12.8 Å². The largest absolute Gasteiger partial charge is 0.490 e. The molecule has 7 heteroatoms. The molecular weight excluding hydrogens is 467 g/mol. The maximum absolute atomic E-state index is 6.10. The average Bonchev–Trinajstić information content (AvgIpc) is 3.23. The molecule has 1 aromatic carbocycles. The maximum atomic E-state index is 6.10. The quantitative estimate of drug-likeness (QED) is 0.349. The molecule has 2 aromatic rings. The van der Waals surface area contributed by atoms with Gasteiger partial charge in [-0.15, -0.1) is 24.0 Å². The Balaban J connectivity index is 0.00000280. The van der Waals surface area contributed by atoms with Crippen molar-refractivity contribution < 1.29 is 9.47 Å². The van der Waals surface area contributed by atoms with Crippen molar-refractivity contribution in [2.45, 2.75) is 32.7 Å². The van der Waals surface area contributed by atoms with Crippen LogP contribution in [0.4, 0.5) is 0 Å². The number of nitrogens with one attached hydrogen (secondary N) is 1. The molecule has 152 valence electrons. The molecule has 1 aliphatic rings. The van der Waals surface area contributed by atoms with Gasteiger partial charge < -0.3 is 19.7 Å². The summed E-state index contributed by atoms with van der Waals surface area (Å²) in [6.07, 6.45) is 5.12. The summed E-state index contributed by atoms with van der Waals surface area (Å²) in [6, 6.07) is 11.6. The molecule has 0 radical (unpaired) electrons. The van der Waals surface area contributed by atoms with E-state index in [-0.39, 0.29) is 24.0 Å². The molecule has 0 bridgehead atoms. The first-order valence-electron chi connectivity index (χ1n) is 9.61. The van der Waals surface area contributed by atoms with Crippen LogP contribution in [0.1, 0.15) is 31.7 Å². The van der Waals surface area contributed by atoms with Crippen molar-refractivity contribution in [2.24, 2.45) is 4.99 Å². The van der Waals surface area contributed by atoms with E-state index in [1.54, 1.807) is 6.20 Å². The molecule has 28 heavy (non-hydrogen) atoms. The van der Waals surface area contributed by atoms with Crippen LogP contribution in [0.5, 0.6) is 17.4 Å². The number of likely N-dealkylation sites (tertiary alicyclic amines) is 1. The van der Waals surface area contributed by atoms with E-state index in [0.29, 0.717) is 24.8 Å². The van der Waals surface area contributed by atoms with Gasteiger partial charge in [0, 0.05) is 38.4 Å². The lowest BCUT2D eigenvalue weighted by Crippen LogP contribution is -2.39. The predicted molar refractivity (Wildman–Crippen MR) is 123 cm³/mol. The van der Waals surface area contributed by atoms with Gasteiger partial charge in [0.1, 0.15) is 0 Å². The van der Waals surface area contributed by atoms with E-state index in [2.05, 4.69) is 27.1 Å². The number of ether oxygens (including phenoxy) is 2. The number of benzene rings is 1. The zero-order chi connectivity index (χ0) is 18.9. The highest BCUT2D eigenvalue weighted by atomic mass is 127. The lowest BCUT2D eigenvalue weighted by Gasteiger charge is -2.21. The van der Waals surface area contributed by atoms with E-state index in [0.717, 1.165) is 36.8 Å². The van der Waals surface area contributed by atoms with Crippen molar-refractivity contribution in [3.63, 3.8) is 0 Å². The summed E-state index contributed by atoms with van der Waals surface area (Å²) in [7, 11) is 1.82. The summed E-state index contributed by atoms with van der Waals surface area (Å²) in [4.78, 5) is 11.1. The molecular formula is C21H29IN4O2. The second-order valence-corrected chi connectivity index (χ2v) is 6.46. The number of aliphatic imine (C=N–C) groups is 1. The first kappa shape index (κ1) is 22.3. The van der Waals surface area contributed by atoms with Gasteiger partial charge in [-0.2, -0.15) is 0 Å². The summed E-state index contributed by atoms with van der Waals surface area (Å²) >= 11 is 0. The van der Waals surface area contributed by atoms with E-state index >= 15 is 0 Å². The van der Waals surface area contributed by atoms with Crippen molar-refractivity contribution >= 4 is 29.9 Å². The highest BCUT2D eigenvalue weighted by Gasteiger charge is 2.16. The van der Waals surface area contributed by atoms with Gasteiger partial charge in [0.15, 0.2) is 17.5 Å². The number of hydrogen-bond donors (Lipinski definition) is 1. The van der Waals surface area contributed by atoms with Crippen molar-refractivity contribution in [1.29, 1.82) is 0 Å². The maximum Gasteiger partial charge on any atom is 0.224 e. The van der Waals surface area contributed by atoms with Crippen LogP contribution in [0.15, 0.2) is 47.6 Å². The molecule has 1 fully saturated rings. The monoisotopic (exact) mass is 496 g/mol. The van der Waals surface area contributed by atoms with Crippen LogP contribution in [-0.2, 0) is 6.54 Å². The fraction of sp³-hybridized carbons (Fsp3) is 0.429. The van der Waals surface area contributed by atoms with Gasteiger partial charge in [0.05, 0.1) is 6.61 Å². The van der Waals surface area contributed by atoms with E-state index < -0.39 is 0 Å². The number of guanidine groups is 1. The Hall–Kier alpha value is -2.03. The van der Waals surface area contributed by atoms with Crippen LogP contribution in [0.25, 0.3) is 0 Å². The lowest BCUT2D eigenvalue weighted by molar-refractivity contribution is 0.300. The summed E-state index contributed by atoms with van der Waals surface area (Å²) in [5, 5.41) is 3.43. The van der Waals surface area contributed by atoms with Gasteiger partial charge in [-0.25, -0.2) is 4.98 Å². The normalized spacial score (nSPS) is 13.8. The minimum absolute atomic E-state index is 0. The Bertz CT molecular complexity index is 764. The topological polar surface area (TPSA) is 59.0 Å². The molecule has 1 saturated heterocycles. The second-order valence-electron chi connectivity index (χ2n) is 6.46. The number of para-hydroxylation sites is 2. The number of nitrogens with zero attached hydrogens (tertiary/aromatic N) is 3. The number of halogens is 1. The number of hydrogen-bond acceptors (Lipinski definition) is 4. The van der Waals surface area contributed by atoms with Crippen LogP contribution in [0.2, 0.25) is 0 Å². The SMILES string of the molecule is CCCOc1ccccc1Oc1ncccc1CNC(=NC)N1CCCC1.I. The molecule has 1 aromatic heterocycles. The van der Waals surface area contributed by atoms with Crippen LogP contribution in [0, 0.1) is 0 Å². The second kappa shape index (κ2) is 11.7. The van der Waals surface area contributed by atoms with Crippen molar-refractivity contribution in [1.82, 2.24) is 15.2 Å². The van der Waals surface area contributed by atoms with Crippen molar-refractivity contribution in [3.05, 3.63) is 48.2 Å². The molecule has 0 aliphatic carbocycles. The Morgan fingerprint density at radius 2 is 1.89 bits per heavy atom. The summed E-state index contributed by atoms with van der Waals surface area (Å²) in [5.74, 6) is 2.91. The van der Waals surface area contributed by atoms with Gasteiger partial charge in [-0.05, 0) is 37.5 Å². The molecule has 2 heterocycles. The first-order chi connectivity index (χ1) is 13.3. The van der Waals surface area contributed by atoms with Crippen molar-refractivity contribution in [2.75, 3.05) is 26.7 Å². The molecule has 0 amide bonds. The van der Waals surface area contributed by atoms with Gasteiger partial charge in [0.25, 0.3) is 0 Å². The van der Waals surface area contributed by atoms with E-state index in [9.17, 15) is 0 Å². The van der Waals surface area contributed by atoms with Gasteiger partial charge in [-0.1, -0.05) is 25.1 Å². The third-order valence-electron chi connectivity index (χ3n) is 4.42. The Kier molecular flexibility index (Phi) is 9.33. The fourth-order valence-corrected chi connectivity index (χ4v) is 3.06. The molecule has 0 saturated carbocycles. The van der Waals surface area contributed by atoms with Crippen LogP contribution in [0.3, 0.4) is 0 Å². The summed E-state index contributed by atoms with van der Waals surface area (Å²) in [6.45, 7) is 5.45. The first-order valence-corrected chi connectivity index (χ1v) is 9.61. The minimum atomic E-state index is 0. The highest BCUT2D eigenvalue weighted by molar-refractivity contribution is 14.0. The molecule has 0 unspecified atom stereocenters. The molecule has 0 spiro atoms. The molecule has 6 nitrogen and oxygen atoms in total. The van der Waals surface area contributed by atoms with Gasteiger partial charge in [-0.3, -0.25) is 4.99 Å². The summed E-state index contributed by atoms with van der Waals surface area (Å²) < 4.78 is 11.9. The molecule has 0 atom stereocenters. The van der Waals surface area contributed by atoms with E-state index in [1.807, 2.05) is 43.4 Å². The number of rotatable bonds is 7. The van der Waals surface area contributed by atoms with Crippen LogP contribution in [-0.4, -0.2) is 42.6 Å². The fourth-order valence-electron chi connectivity index (χ4n) is 3.06. The molecule has 3 rings (SSSR count). The highest BCUT2D eigenvalue weighted by Crippen LogP contribution is 2.31. The zero-order valence-electron chi connectivity index (χ0n) is 16.6. The lowest BCUT2D eigenvalue weighted by atomic mass is 10.2. The predicted octanol–water partition coefficient (Wildman–Crippen LogP) is 4.45. The van der Waals surface area contributed by atoms with Gasteiger partial charge in [0.2, 0.25) is 5.88 Å². The van der Waals surface area contributed by atoms with Gasteiger partial charge >= 0.3 is 0 Å². The smallest absolute Gasteiger partial charge is 0.224 e. The Morgan fingerprint density at radius 3 is 2.61 bits per heavy atom. The van der Waals surface area contributed by atoms with Crippen LogP contribution < -0.4 is 14.8 Å². The minimum Gasteiger partial charge on any atom is -0.490 e. The Labute approximate surface area is 184 Å². The Morgan fingerprint density at radius 1 is 1.14 bits per heavy atom. The number of aromatic nitrogens is 1. The third-order valence-corrected chi connectivity index (χ3v) is 4.42. The van der Waals surface area contributed by atoms with Crippen molar-refractivity contribution in [3.8, 4) is 17.4 Å².